The van der Waals surface area contributed by atoms with Crippen LogP contribution in [0.5, 0.6) is 0 Å². The third-order valence-corrected chi connectivity index (χ3v) is 3.43. The summed E-state index contributed by atoms with van der Waals surface area (Å²) in [5.74, 6) is 0. The van der Waals surface area contributed by atoms with Gasteiger partial charge in [0, 0.05) is 22.7 Å². The number of nitro benzene ring substituents is 1. The Morgan fingerprint density at radius 3 is 2.65 bits per heavy atom. The van der Waals surface area contributed by atoms with Gasteiger partial charge in [0.2, 0.25) is 0 Å². The second-order valence-corrected chi connectivity index (χ2v) is 5.21. The number of hydrogen-bond donors (Lipinski definition) is 1. The second kappa shape index (κ2) is 6.11. The molecule has 0 saturated carbocycles. The predicted molar refractivity (Wildman–Crippen MR) is 81.6 cm³/mol. The molecule has 2 aromatic carbocycles. The number of nitro groups is 1. The first-order valence-corrected chi connectivity index (χ1v) is 6.66. The largest absolute Gasteiger partial charge is 0.375 e. The first-order valence-electron chi connectivity index (χ1n) is 5.90. The molecule has 0 amide bonds. The van der Waals surface area contributed by atoms with Crippen LogP contribution in [-0.4, -0.2) is 4.92 Å². The Labute approximate surface area is 126 Å². The van der Waals surface area contributed by atoms with E-state index in [2.05, 4.69) is 5.32 Å². The number of nitrogens with zero attached hydrogens (tertiary/aromatic N) is 1. The van der Waals surface area contributed by atoms with Crippen molar-refractivity contribution < 1.29 is 4.92 Å². The number of hydrogen-bond acceptors (Lipinski definition) is 3. The second-order valence-electron chi connectivity index (χ2n) is 4.37. The van der Waals surface area contributed by atoms with Gasteiger partial charge in [0.05, 0.1) is 4.92 Å². The minimum atomic E-state index is -0.415. The van der Waals surface area contributed by atoms with Crippen LogP contribution in [-0.2, 0) is 6.54 Å². The molecule has 104 valence electrons. The number of aryl methyl sites for hydroxylation is 1. The maximum atomic E-state index is 11.0. The molecule has 4 nitrogen and oxygen atoms in total. The molecule has 0 heterocycles. The van der Waals surface area contributed by atoms with Gasteiger partial charge < -0.3 is 5.32 Å². The van der Waals surface area contributed by atoms with E-state index in [-0.39, 0.29) is 5.69 Å². The standard InChI is InChI=1S/C14H12Cl2N2O2/c1-9-2-5-14(18(19)20)13(6-9)17-8-10-7-11(15)3-4-12(10)16/h2-7,17H,8H2,1H3. The van der Waals surface area contributed by atoms with Crippen molar-refractivity contribution in [3.05, 3.63) is 67.7 Å². The predicted octanol–water partition coefficient (Wildman–Crippen LogP) is 4.82. The summed E-state index contributed by atoms with van der Waals surface area (Å²) in [5, 5.41) is 15.2. The van der Waals surface area contributed by atoms with Crippen LogP contribution in [0.2, 0.25) is 10.0 Å². The van der Waals surface area contributed by atoms with E-state index in [0.717, 1.165) is 11.1 Å². The maximum Gasteiger partial charge on any atom is 0.292 e. The van der Waals surface area contributed by atoms with Gasteiger partial charge >= 0.3 is 0 Å². The number of anilines is 1. The first-order chi connectivity index (χ1) is 9.47. The van der Waals surface area contributed by atoms with Crippen LogP contribution in [0.25, 0.3) is 0 Å². The van der Waals surface area contributed by atoms with Crippen LogP contribution in [0, 0.1) is 17.0 Å². The molecule has 0 aliphatic rings. The van der Waals surface area contributed by atoms with E-state index < -0.39 is 4.92 Å². The zero-order valence-electron chi connectivity index (χ0n) is 10.7. The van der Waals surface area contributed by atoms with Gasteiger partial charge in [-0.1, -0.05) is 29.3 Å². The fourth-order valence-electron chi connectivity index (χ4n) is 1.82. The highest BCUT2D eigenvalue weighted by atomic mass is 35.5. The number of nitrogens with one attached hydrogen (secondary N) is 1. The zero-order chi connectivity index (χ0) is 14.7. The summed E-state index contributed by atoms with van der Waals surface area (Å²) in [7, 11) is 0. The highest BCUT2D eigenvalue weighted by Gasteiger charge is 2.13. The molecule has 0 aromatic heterocycles. The molecule has 0 aliphatic heterocycles. The Morgan fingerprint density at radius 2 is 1.95 bits per heavy atom. The van der Waals surface area contributed by atoms with Crippen molar-refractivity contribution >= 4 is 34.6 Å². The Bertz CT molecular complexity index is 660. The molecule has 0 aliphatic carbocycles. The summed E-state index contributed by atoms with van der Waals surface area (Å²) in [4.78, 5) is 10.6. The van der Waals surface area contributed by atoms with Crippen molar-refractivity contribution in [1.29, 1.82) is 0 Å². The lowest BCUT2D eigenvalue weighted by Gasteiger charge is -2.09. The molecule has 2 aromatic rings. The Hall–Kier alpha value is -1.78. The maximum absolute atomic E-state index is 11.0. The lowest BCUT2D eigenvalue weighted by Crippen LogP contribution is -2.03. The van der Waals surface area contributed by atoms with Gasteiger partial charge in [0.15, 0.2) is 0 Å². The molecule has 0 radical (unpaired) electrons. The fraction of sp³-hybridized carbons (Fsp3) is 0.143. The van der Waals surface area contributed by atoms with E-state index >= 15 is 0 Å². The number of halogens is 2. The third-order valence-electron chi connectivity index (χ3n) is 2.83. The van der Waals surface area contributed by atoms with E-state index in [1.165, 1.54) is 6.07 Å². The number of rotatable bonds is 4. The van der Waals surface area contributed by atoms with E-state index in [1.807, 2.05) is 6.92 Å². The summed E-state index contributed by atoms with van der Waals surface area (Å²) >= 11 is 12.0. The smallest absolute Gasteiger partial charge is 0.292 e. The monoisotopic (exact) mass is 310 g/mol. The summed E-state index contributed by atoms with van der Waals surface area (Å²) in [6, 6.07) is 10.1. The fourth-order valence-corrected chi connectivity index (χ4v) is 2.20. The van der Waals surface area contributed by atoms with Crippen LogP contribution < -0.4 is 5.32 Å². The Balaban J connectivity index is 2.24. The van der Waals surface area contributed by atoms with Gasteiger partial charge in [-0.3, -0.25) is 10.1 Å². The minimum Gasteiger partial charge on any atom is -0.375 e. The van der Waals surface area contributed by atoms with Crippen molar-refractivity contribution in [2.75, 3.05) is 5.32 Å². The van der Waals surface area contributed by atoms with Crippen LogP contribution in [0.3, 0.4) is 0 Å². The molecule has 0 spiro atoms. The van der Waals surface area contributed by atoms with Gasteiger partial charge in [0.25, 0.3) is 5.69 Å². The average Bonchev–Trinajstić information content (AvgIpc) is 2.39. The summed E-state index contributed by atoms with van der Waals surface area (Å²) < 4.78 is 0. The van der Waals surface area contributed by atoms with Crippen molar-refractivity contribution in [3.8, 4) is 0 Å². The molecule has 20 heavy (non-hydrogen) atoms. The van der Waals surface area contributed by atoms with Crippen LogP contribution >= 0.6 is 23.2 Å². The third kappa shape index (κ3) is 3.40. The quantitative estimate of drug-likeness (QED) is 0.650. The molecule has 0 atom stereocenters. The molecule has 0 unspecified atom stereocenters. The van der Waals surface area contributed by atoms with Crippen LogP contribution in [0.1, 0.15) is 11.1 Å². The van der Waals surface area contributed by atoms with Gasteiger partial charge in [0.1, 0.15) is 5.69 Å². The SMILES string of the molecule is Cc1ccc([N+](=O)[O-])c(NCc2cc(Cl)ccc2Cl)c1. The average molecular weight is 311 g/mol. The molecule has 0 fully saturated rings. The van der Waals surface area contributed by atoms with E-state index in [4.69, 9.17) is 23.2 Å². The van der Waals surface area contributed by atoms with Gasteiger partial charge in [-0.2, -0.15) is 0 Å². The van der Waals surface area contributed by atoms with Crippen molar-refractivity contribution in [1.82, 2.24) is 0 Å². The lowest BCUT2D eigenvalue weighted by atomic mass is 10.1. The summed E-state index contributed by atoms with van der Waals surface area (Å²) in [6.07, 6.45) is 0. The van der Waals surface area contributed by atoms with E-state index in [1.54, 1.807) is 30.3 Å². The number of benzene rings is 2. The first kappa shape index (κ1) is 14.6. The van der Waals surface area contributed by atoms with Crippen LogP contribution in [0.4, 0.5) is 11.4 Å². The highest BCUT2D eigenvalue weighted by molar-refractivity contribution is 6.33. The topological polar surface area (TPSA) is 55.2 Å². The molecule has 0 bridgehead atoms. The Kier molecular flexibility index (Phi) is 4.47. The van der Waals surface area contributed by atoms with Gasteiger partial charge in [-0.15, -0.1) is 0 Å². The molecular weight excluding hydrogens is 299 g/mol. The minimum absolute atomic E-state index is 0.0359. The van der Waals surface area contributed by atoms with Crippen molar-refractivity contribution in [2.45, 2.75) is 13.5 Å². The van der Waals surface area contributed by atoms with Crippen LogP contribution in [0.15, 0.2) is 36.4 Å². The van der Waals surface area contributed by atoms with Crippen molar-refractivity contribution in [2.24, 2.45) is 0 Å². The summed E-state index contributed by atoms with van der Waals surface area (Å²) in [6.45, 7) is 2.24. The molecule has 6 heteroatoms. The normalized spacial score (nSPS) is 10.3. The molecule has 0 saturated heterocycles. The lowest BCUT2D eigenvalue weighted by molar-refractivity contribution is -0.384. The van der Waals surface area contributed by atoms with Crippen molar-refractivity contribution in [3.63, 3.8) is 0 Å². The zero-order valence-corrected chi connectivity index (χ0v) is 12.2. The summed E-state index contributed by atoms with van der Waals surface area (Å²) in [5.41, 5.74) is 2.23. The van der Waals surface area contributed by atoms with Gasteiger partial charge in [-0.25, -0.2) is 0 Å². The van der Waals surface area contributed by atoms with Gasteiger partial charge in [-0.05, 0) is 42.3 Å². The Morgan fingerprint density at radius 1 is 1.20 bits per heavy atom. The molecule has 2 rings (SSSR count). The highest BCUT2D eigenvalue weighted by Crippen LogP contribution is 2.27. The molecular formula is C14H12Cl2N2O2. The molecule has 1 N–H and O–H groups in total. The van der Waals surface area contributed by atoms with E-state index in [0.29, 0.717) is 22.3 Å². The van der Waals surface area contributed by atoms with E-state index in [9.17, 15) is 10.1 Å².